The molecule has 1 N–H and O–H groups in total. The number of halogens is 3. The number of anilines is 1. The highest BCUT2D eigenvalue weighted by Crippen LogP contribution is 2.33. The van der Waals surface area contributed by atoms with Crippen LogP contribution < -0.4 is 14.4 Å². The number of nitrogens with one attached hydrogen (secondary N) is 1. The van der Waals surface area contributed by atoms with Gasteiger partial charge in [-0.15, -0.1) is 0 Å². The first-order valence-electron chi connectivity index (χ1n) is 10.7. The Hall–Kier alpha value is -3.53. The summed E-state index contributed by atoms with van der Waals surface area (Å²) >= 11 is 0. The zero-order valence-corrected chi connectivity index (χ0v) is 19.9. The number of sulfonamides is 1. The third-order valence-corrected chi connectivity index (χ3v) is 6.63. The Morgan fingerprint density at radius 2 is 1.66 bits per heavy atom. The van der Waals surface area contributed by atoms with Gasteiger partial charge in [-0.1, -0.05) is 36.4 Å². The zero-order valence-electron chi connectivity index (χ0n) is 19.1. The van der Waals surface area contributed by atoms with Gasteiger partial charge in [0.25, 0.3) is 10.0 Å². The van der Waals surface area contributed by atoms with Crippen molar-refractivity contribution in [1.82, 2.24) is 5.32 Å². The lowest BCUT2D eigenvalue weighted by Crippen LogP contribution is -2.40. The minimum Gasteiger partial charge on any atom is -0.491 e. The third-order valence-electron chi connectivity index (χ3n) is 4.84. The second kappa shape index (κ2) is 10.8. The molecule has 0 saturated heterocycles. The van der Waals surface area contributed by atoms with Crippen LogP contribution in [0.5, 0.6) is 5.75 Å². The number of carbonyl (C=O) groups excluding carboxylic acids is 1. The number of hydrogen-bond donors (Lipinski definition) is 1. The Morgan fingerprint density at radius 1 is 0.971 bits per heavy atom. The normalized spacial score (nSPS) is 11.8. The maximum atomic E-state index is 13.3. The molecule has 0 unspecified atom stereocenters. The van der Waals surface area contributed by atoms with Crippen LogP contribution in [0, 0.1) is 0 Å². The monoisotopic (exact) mass is 506 g/mol. The van der Waals surface area contributed by atoms with E-state index < -0.39 is 34.2 Å². The molecule has 1 amide bonds. The summed E-state index contributed by atoms with van der Waals surface area (Å²) in [6, 6.07) is 18.1. The Morgan fingerprint density at radius 3 is 2.31 bits per heavy atom. The average Bonchev–Trinajstić information content (AvgIpc) is 2.81. The number of rotatable bonds is 9. The molecular weight excluding hydrogens is 481 g/mol. The summed E-state index contributed by atoms with van der Waals surface area (Å²) in [5.41, 5.74) is -0.579. The Balaban J connectivity index is 1.86. The molecule has 35 heavy (non-hydrogen) atoms. The van der Waals surface area contributed by atoms with Crippen molar-refractivity contribution < 1.29 is 31.1 Å². The molecule has 10 heteroatoms. The molecule has 0 aliphatic carbocycles. The smallest absolute Gasteiger partial charge is 0.416 e. The molecule has 3 aromatic rings. The molecule has 3 aromatic carbocycles. The van der Waals surface area contributed by atoms with Crippen LogP contribution >= 0.6 is 0 Å². The fourth-order valence-corrected chi connectivity index (χ4v) is 4.69. The topological polar surface area (TPSA) is 75.7 Å². The van der Waals surface area contributed by atoms with Gasteiger partial charge in [0.15, 0.2) is 0 Å². The maximum absolute atomic E-state index is 13.3. The van der Waals surface area contributed by atoms with E-state index in [1.165, 1.54) is 30.3 Å². The van der Waals surface area contributed by atoms with E-state index in [1.807, 2.05) is 13.8 Å². The summed E-state index contributed by atoms with van der Waals surface area (Å²) in [7, 11) is -4.33. The van der Waals surface area contributed by atoms with E-state index in [2.05, 4.69) is 5.32 Å². The number of carbonyl (C=O) groups is 1. The molecule has 0 aliphatic heterocycles. The number of nitrogens with zero attached hydrogens (tertiary/aromatic N) is 1. The van der Waals surface area contributed by atoms with Crippen LogP contribution in [0.2, 0.25) is 0 Å². The van der Waals surface area contributed by atoms with E-state index in [4.69, 9.17) is 4.74 Å². The molecule has 0 bridgehead atoms. The molecule has 0 aliphatic rings. The van der Waals surface area contributed by atoms with Crippen molar-refractivity contribution in [3.05, 3.63) is 90.0 Å². The first-order valence-corrected chi connectivity index (χ1v) is 12.2. The second-order valence-electron chi connectivity index (χ2n) is 7.96. The number of alkyl halides is 3. The van der Waals surface area contributed by atoms with Crippen LogP contribution in [-0.2, 0) is 27.5 Å². The van der Waals surface area contributed by atoms with Crippen molar-refractivity contribution in [2.24, 2.45) is 0 Å². The van der Waals surface area contributed by atoms with E-state index >= 15 is 0 Å². The fraction of sp³-hybridized carbons (Fsp3) is 0.240. The molecule has 3 rings (SSSR count). The second-order valence-corrected chi connectivity index (χ2v) is 9.83. The van der Waals surface area contributed by atoms with Gasteiger partial charge in [-0.2, -0.15) is 13.2 Å². The molecule has 0 radical (unpaired) electrons. The maximum Gasteiger partial charge on any atom is 0.416 e. The molecule has 0 saturated carbocycles. The van der Waals surface area contributed by atoms with Gasteiger partial charge < -0.3 is 10.1 Å². The molecule has 0 heterocycles. The molecule has 0 aromatic heterocycles. The van der Waals surface area contributed by atoms with E-state index in [1.54, 1.807) is 30.3 Å². The summed E-state index contributed by atoms with van der Waals surface area (Å²) in [5.74, 6) is -0.0684. The standard InChI is InChI=1S/C25H25F3N2O4S/c1-18(2)34-22-11-6-8-19(14-22)16-29-24(31)17-30(35(32,33)23-12-4-3-5-13-23)21-10-7-9-20(15-21)25(26,27)28/h3-15,18H,16-17H2,1-2H3,(H,29,31). The summed E-state index contributed by atoms with van der Waals surface area (Å²) in [5, 5.41) is 2.63. The molecule has 0 spiro atoms. The summed E-state index contributed by atoms with van der Waals surface area (Å²) < 4.78 is 72.7. The molecular formula is C25H25F3N2O4S. The fourth-order valence-electron chi connectivity index (χ4n) is 3.26. The first-order chi connectivity index (χ1) is 16.5. The summed E-state index contributed by atoms with van der Waals surface area (Å²) in [6.07, 6.45) is -4.71. The predicted octanol–water partition coefficient (Wildman–Crippen LogP) is 5.00. The predicted molar refractivity (Wildman–Crippen MR) is 126 cm³/mol. The average molecular weight is 507 g/mol. The highest BCUT2D eigenvalue weighted by atomic mass is 32.2. The minimum atomic E-state index is -4.68. The zero-order chi connectivity index (χ0) is 25.6. The highest BCUT2D eigenvalue weighted by molar-refractivity contribution is 7.92. The van der Waals surface area contributed by atoms with Crippen molar-refractivity contribution in [1.29, 1.82) is 0 Å². The van der Waals surface area contributed by atoms with E-state index in [-0.39, 0.29) is 23.2 Å². The van der Waals surface area contributed by atoms with Crippen LogP contribution in [0.4, 0.5) is 18.9 Å². The minimum absolute atomic E-state index is 0.0379. The van der Waals surface area contributed by atoms with Crippen LogP contribution in [-0.4, -0.2) is 27.0 Å². The van der Waals surface area contributed by atoms with Crippen LogP contribution in [0.15, 0.2) is 83.8 Å². The van der Waals surface area contributed by atoms with E-state index in [0.717, 1.165) is 12.1 Å². The number of amides is 1. The Bertz CT molecular complexity index is 1260. The van der Waals surface area contributed by atoms with Crippen LogP contribution in [0.25, 0.3) is 0 Å². The number of ether oxygens (including phenoxy) is 1. The first kappa shape index (κ1) is 26.1. The molecule has 0 atom stereocenters. The van der Waals surface area contributed by atoms with Gasteiger partial charge in [0.1, 0.15) is 12.3 Å². The summed E-state index contributed by atoms with van der Waals surface area (Å²) in [6.45, 7) is 3.13. The van der Waals surface area contributed by atoms with E-state index in [0.29, 0.717) is 21.7 Å². The van der Waals surface area contributed by atoms with Crippen LogP contribution in [0.3, 0.4) is 0 Å². The van der Waals surface area contributed by atoms with Gasteiger partial charge in [0.2, 0.25) is 5.91 Å². The van der Waals surface area contributed by atoms with Gasteiger partial charge >= 0.3 is 6.18 Å². The van der Waals surface area contributed by atoms with Crippen molar-refractivity contribution in [3.8, 4) is 5.75 Å². The summed E-state index contributed by atoms with van der Waals surface area (Å²) in [4.78, 5) is 12.6. The van der Waals surface area contributed by atoms with Crippen LogP contribution in [0.1, 0.15) is 25.0 Å². The SMILES string of the molecule is CC(C)Oc1cccc(CNC(=O)CN(c2cccc(C(F)(F)F)c2)S(=O)(=O)c2ccccc2)c1. The van der Waals surface area contributed by atoms with Crippen molar-refractivity contribution in [2.75, 3.05) is 10.8 Å². The van der Waals surface area contributed by atoms with Crippen molar-refractivity contribution in [2.45, 2.75) is 37.6 Å². The van der Waals surface area contributed by atoms with Crippen molar-refractivity contribution in [3.63, 3.8) is 0 Å². The largest absolute Gasteiger partial charge is 0.491 e. The third kappa shape index (κ3) is 6.98. The Labute approximate surface area is 202 Å². The molecule has 0 fully saturated rings. The quantitative estimate of drug-likeness (QED) is 0.443. The molecule has 186 valence electrons. The molecule has 6 nitrogen and oxygen atoms in total. The highest BCUT2D eigenvalue weighted by Gasteiger charge is 2.33. The lowest BCUT2D eigenvalue weighted by molar-refractivity contribution is -0.137. The van der Waals surface area contributed by atoms with Gasteiger partial charge in [-0.05, 0) is 61.9 Å². The number of hydrogen-bond acceptors (Lipinski definition) is 4. The lowest BCUT2D eigenvalue weighted by atomic mass is 10.2. The van der Waals surface area contributed by atoms with Gasteiger partial charge in [0, 0.05) is 6.54 Å². The Kier molecular flexibility index (Phi) is 8.06. The van der Waals surface area contributed by atoms with Gasteiger partial charge in [-0.3, -0.25) is 9.10 Å². The van der Waals surface area contributed by atoms with Gasteiger partial charge in [0.05, 0.1) is 22.3 Å². The van der Waals surface area contributed by atoms with E-state index in [9.17, 15) is 26.4 Å². The number of benzene rings is 3. The van der Waals surface area contributed by atoms with Crippen molar-refractivity contribution >= 4 is 21.6 Å². The lowest BCUT2D eigenvalue weighted by Gasteiger charge is -2.25. The van der Waals surface area contributed by atoms with Gasteiger partial charge in [-0.25, -0.2) is 8.42 Å².